The molecule has 3 heterocycles. The number of anilines is 1. The summed E-state index contributed by atoms with van der Waals surface area (Å²) in [5.41, 5.74) is 3.24. The number of hydrogen-bond donors (Lipinski definition) is 1. The number of benzene rings is 2. The Morgan fingerprint density at radius 2 is 1.73 bits per heavy atom. The van der Waals surface area contributed by atoms with Gasteiger partial charge in [-0.15, -0.1) is 22.7 Å². The molecule has 1 aliphatic rings. The SMILES string of the molecule is COC(=O)N1CCc2c(sc(NC(=O)c3cc(OC)c(OC)c(OC)c3)c2-c2nc3ccccc3s2)C1. The Hall–Kier alpha value is -3.83. The van der Waals surface area contributed by atoms with Gasteiger partial charge in [-0.2, -0.15) is 0 Å². The first-order chi connectivity index (χ1) is 18.0. The molecule has 5 rings (SSSR count). The van der Waals surface area contributed by atoms with Gasteiger partial charge in [-0.3, -0.25) is 4.79 Å². The number of nitrogens with zero attached hydrogens (tertiary/aromatic N) is 2. The highest BCUT2D eigenvalue weighted by molar-refractivity contribution is 7.23. The molecule has 1 N–H and O–H groups in total. The minimum atomic E-state index is -0.372. The van der Waals surface area contributed by atoms with Crippen LogP contribution in [0.3, 0.4) is 0 Å². The first-order valence-corrected chi connectivity index (χ1v) is 13.0. The Morgan fingerprint density at radius 1 is 1.00 bits per heavy atom. The number of carbonyl (C=O) groups is 2. The van der Waals surface area contributed by atoms with Crippen LogP contribution in [0.15, 0.2) is 36.4 Å². The highest BCUT2D eigenvalue weighted by Gasteiger charge is 2.30. The number of methoxy groups -OCH3 is 4. The normalized spacial score (nSPS) is 12.7. The minimum Gasteiger partial charge on any atom is -0.493 e. The molecule has 0 aliphatic carbocycles. The van der Waals surface area contributed by atoms with Gasteiger partial charge in [0, 0.05) is 22.5 Å². The average molecular weight is 540 g/mol. The molecule has 2 amide bonds. The molecule has 1 aliphatic heterocycles. The summed E-state index contributed by atoms with van der Waals surface area (Å²) < 4.78 is 22.2. The van der Waals surface area contributed by atoms with Crippen molar-refractivity contribution in [2.45, 2.75) is 13.0 Å². The predicted molar refractivity (Wildman–Crippen MR) is 144 cm³/mol. The molecule has 2 aromatic carbocycles. The molecule has 37 heavy (non-hydrogen) atoms. The summed E-state index contributed by atoms with van der Waals surface area (Å²) in [7, 11) is 5.90. The monoisotopic (exact) mass is 539 g/mol. The van der Waals surface area contributed by atoms with Crippen LogP contribution >= 0.6 is 22.7 Å². The van der Waals surface area contributed by atoms with E-state index in [0.717, 1.165) is 31.2 Å². The summed E-state index contributed by atoms with van der Waals surface area (Å²) in [5.74, 6) is 0.853. The van der Waals surface area contributed by atoms with E-state index in [1.165, 1.54) is 39.8 Å². The fraction of sp³-hybridized carbons (Fsp3) is 0.269. The average Bonchev–Trinajstić information content (AvgIpc) is 3.51. The van der Waals surface area contributed by atoms with Gasteiger partial charge in [0.1, 0.15) is 10.0 Å². The van der Waals surface area contributed by atoms with Gasteiger partial charge in [-0.05, 0) is 36.2 Å². The van der Waals surface area contributed by atoms with E-state index in [-0.39, 0.29) is 12.0 Å². The number of nitrogens with one attached hydrogen (secondary N) is 1. The van der Waals surface area contributed by atoms with E-state index in [1.54, 1.807) is 28.4 Å². The Labute approximate surface area is 221 Å². The molecular formula is C26H25N3O6S2. The van der Waals surface area contributed by atoms with Crippen molar-refractivity contribution in [3.05, 3.63) is 52.4 Å². The van der Waals surface area contributed by atoms with Crippen LogP contribution in [0.5, 0.6) is 17.2 Å². The van der Waals surface area contributed by atoms with E-state index in [9.17, 15) is 9.59 Å². The number of aromatic nitrogens is 1. The molecular weight excluding hydrogens is 514 g/mol. The smallest absolute Gasteiger partial charge is 0.409 e. The summed E-state index contributed by atoms with van der Waals surface area (Å²) in [4.78, 5) is 33.2. The fourth-order valence-corrected chi connectivity index (χ4v) is 6.74. The van der Waals surface area contributed by atoms with Crippen LogP contribution in [-0.2, 0) is 17.7 Å². The van der Waals surface area contributed by atoms with Crippen molar-refractivity contribution >= 4 is 49.9 Å². The summed E-state index contributed by atoms with van der Waals surface area (Å²) >= 11 is 3.02. The Bertz CT molecular complexity index is 1440. The second-order valence-corrected chi connectivity index (χ2v) is 10.3. The van der Waals surface area contributed by atoms with Crippen LogP contribution in [0.2, 0.25) is 0 Å². The maximum atomic E-state index is 13.5. The molecule has 9 nitrogen and oxygen atoms in total. The van der Waals surface area contributed by atoms with E-state index in [2.05, 4.69) is 5.32 Å². The van der Waals surface area contributed by atoms with Gasteiger partial charge < -0.3 is 29.2 Å². The first kappa shape index (κ1) is 24.8. The van der Waals surface area contributed by atoms with Crippen molar-refractivity contribution in [2.75, 3.05) is 40.3 Å². The lowest BCUT2D eigenvalue weighted by molar-refractivity contribution is 0.102. The van der Waals surface area contributed by atoms with Crippen LogP contribution in [0.1, 0.15) is 20.8 Å². The largest absolute Gasteiger partial charge is 0.493 e. The zero-order chi connectivity index (χ0) is 26.1. The van der Waals surface area contributed by atoms with E-state index in [0.29, 0.717) is 47.3 Å². The Morgan fingerprint density at radius 3 is 2.38 bits per heavy atom. The van der Waals surface area contributed by atoms with Crippen LogP contribution in [0.25, 0.3) is 20.8 Å². The standard InChI is InChI=1S/C26H25N3O6S2/c1-32-17-11-14(12-18(33-2)22(17)34-3)23(30)28-25-21(24-27-16-7-5-6-8-19(16)36-24)15-9-10-29(26(31)35-4)13-20(15)37-25/h5-8,11-12H,9-10,13H2,1-4H3,(H,28,30). The molecule has 0 atom stereocenters. The number of amides is 2. The van der Waals surface area contributed by atoms with Crippen molar-refractivity contribution < 1.29 is 28.5 Å². The fourth-order valence-electron chi connectivity index (χ4n) is 4.37. The maximum Gasteiger partial charge on any atom is 0.409 e. The van der Waals surface area contributed by atoms with Crippen LogP contribution in [-0.4, -0.2) is 56.9 Å². The van der Waals surface area contributed by atoms with E-state index < -0.39 is 0 Å². The number of para-hydroxylation sites is 1. The number of carbonyl (C=O) groups excluding carboxylic acids is 2. The number of hydrogen-bond acceptors (Lipinski definition) is 9. The lowest BCUT2D eigenvalue weighted by Gasteiger charge is -2.25. The van der Waals surface area contributed by atoms with Crippen LogP contribution in [0, 0.1) is 0 Å². The molecule has 0 fully saturated rings. The summed E-state index contributed by atoms with van der Waals surface area (Å²) in [5, 5.41) is 4.58. The van der Waals surface area contributed by atoms with Crippen molar-refractivity contribution in [3.8, 4) is 27.8 Å². The third-order valence-electron chi connectivity index (χ3n) is 6.15. The zero-order valence-electron chi connectivity index (χ0n) is 20.7. The number of fused-ring (bicyclic) bond motifs is 2. The van der Waals surface area contributed by atoms with Gasteiger partial charge in [0.2, 0.25) is 5.75 Å². The number of thiophene rings is 1. The van der Waals surface area contributed by atoms with Crippen molar-refractivity contribution in [3.63, 3.8) is 0 Å². The van der Waals surface area contributed by atoms with Gasteiger partial charge in [-0.25, -0.2) is 9.78 Å². The second-order valence-electron chi connectivity index (χ2n) is 8.20. The Balaban J connectivity index is 1.57. The van der Waals surface area contributed by atoms with E-state index in [4.69, 9.17) is 23.9 Å². The van der Waals surface area contributed by atoms with Crippen LogP contribution in [0.4, 0.5) is 9.80 Å². The molecule has 0 spiro atoms. The summed E-state index contributed by atoms with van der Waals surface area (Å²) in [6.07, 6.45) is 0.260. The minimum absolute atomic E-state index is 0.329. The highest BCUT2D eigenvalue weighted by Crippen LogP contribution is 2.46. The molecule has 0 saturated heterocycles. The lowest BCUT2D eigenvalue weighted by atomic mass is 10.0. The molecule has 11 heteroatoms. The number of ether oxygens (including phenoxy) is 4. The summed E-state index contributed by atoms with van der Waals surface area (Å²) in [6, 6.07) is 11.2. The van der Waals surface area contributed by atoms with Gasteiger partial charge in [0.25, 0.3) is 5.91 Å². The Kier molecular flexibility index (Phi) is 6.90. The molecule has 192 valence electrons. The second kappa shape index (κ2) is 10.3. The highest BCUT2D eigenvalue weighted by atomic mass is 32.1. The van der Waals surface area contributed by atoms with Crippen LogP contribution < -0.4 is 19.5 Å². The summed E-state index contributed by atoms with van der Waals surface area (Å²) in [6.45, 7) is 0.930. The lowest BCUT2D eigenvalue weighted by Crippen LogP contribution is -2.35. The molecule has 0 radical (unpaired) electrons. The molecule has 0 bridgehead atoms. The van der Waals surface area contributed by atoms with Gasteiger partial charge in [-0.1, -0.05) is 12.1 Å². The van der Waals surface area contributed by atoms with Crippen molar-refractivity contribution in [1.29, 1.82) is 0 Å². The van der Waals surface area contributed by atoms with Crippen molar-refractivity contribution in [1.82, 2.24) is 9.88 Å². The van der Waals surface area contributed by atoms with E-state index in [1.807, 2.05) is 24.3 Å². The molecule has 2 aromatic heterocycles. The quantitative estimate of drug-likeness (QED) is 0.349. The molecule has 0 saturated carbocycles. The van der Waals surface area contributed by atoms with Crippen molar-refractivity contribution in [2.24, 2.45) is 0 Å². The topological polar surface area (TPSA) is 99.2 Å². The molecule has 4 aromatic rings. The van der Waals surface area contributed by atoms with E-state index >= 15 is 0 Å². The number of thiazole rings is 1. The number of rotatable bonds is 6. The zero-order valence-corrected chi connectivity index (χ0v) is 22.4. The van der Waals surface area contributed by atoms with Gasteiger partial charge in [0.05, 0.1) is 45.2 Å². The predicted octanol–water partition coefficient (Wildman–Crippen LogP) is 5.43. The maximum absolute atomic E-state index is 13.5. The van der Waals surface area contributed by atoms with Gasteiger partial charge >= 0.3 is 6.09 Å². The third kappa shape index (κ3) is 4.56. The molecule has 0 unspecified atom stereocenters. The first-order valence-electron chi connectivity index (χ1n) is 11.4. The third-order valence-corrected chi connectivity index (χ3v) is 8.34. The van der Waals surface area contributed by atoms with Gasteiger partial charge in [0.15, 0.2) is 11.5 Å².